The predicted molar refractivity (Wildman–Crippen MR) is 153 cm³/mol. The maximum absolute atomic E-state index is 8.24. The number of ether oxygens (including phenoxy) is 2. The van der Waals surface area contributed by atoms with Crippen molar-refractivity contribution in [3.8, 4) is 33.9 Å². The lowest BCUT2D eigenvalue weighted by Crippen LogP contribution is -2.26. The molecule has 0 bridgehead atoms. The fourth-order valence-corrected chi connectivity index (χ4v) is 4.88. The molecule has 0 radical (unpaired) electrons. The number of rotatable bonds is 12. The van der Waals surface area contributed by atoms with E-state index in [-0.39, 0.29) is 11.8 Å². The van der Waals surface area contributed by atoms with E-state index < -0.39 is 0 Å². The highest BCUT2D eigenvalue weighted by Crippen LogP contribution is 2.44. The van der Waals surface area contributed by atoms with Gasteiger partial charge in [-0.05, 0) is 60.5 Å². The summed E-state index contributed by atoms with van der Waals surface area (Å²) in [5.74, 6) is 2.21. The average Bonchev–Trinajstić information content (AvgIpc) is 3.34. The minimum atomic E-state index is -0.121. The molecule has 3 aromatic rings. The van der Waals surface area contributed by atoms with Crippen LogP contribution in [0.3, 0.4) is 0 Å². The third kappa shape index (κ3) is 6.04. The van der Waals surface area contributed by atoms with E-state index in [1.54, 1.807) is 0 Å². The first-order chi connectivity index (χ1) is 18.3. The lowest BCUT2D eigenvalue weighted by atomic mass is 9.91. The van der Waals surface area contributed by atoms with Crippen molar-refractivity contribution < 1.29 is 14.0 Å². The molecular formula is C31H42N4O3. The minimum absolute atomic E-state index is 0.121. The van der Waals surface area contributed by atoms with Gasteiger partial charge in [-0.2, -0.15) is 0 Å². The molecule has 7 heteroatoms. The number of unbranched alkanes of at least 4 members (excludes halogenated alkanes) is 2. The van der Waals surface area contributed by atoms with E-state index in [9.17, 15) is 0 Å². The van der Waals surface area contributed by atoms with Gasteiger partial charge in [0.15, 0.2) is 11.5 Å². The van der Waals surface area contributed by atoms with E-state index in [2.05, 4.69) is 69.1 Å². The van der Waals surface area contributed by atoms with Crippen LogP contribution in [0.15, 0.2) is 34.9 Å². The maximum atomic E-state index is 8.24. The molecule has 2 aromatic carbocycles. The van der Waals surface area contributed by atoms with Crippen molar-refractivity contribution in [1.82, 2.24) is 10.1 Å². The second-order valence-corrected chi connectivity index (χ2v) is 10.6. The Kier molecular flexibility index (Phi) is 9.10. The summed E-state index contributed by atoms with van der Waals surface area (Å²) in [7, 11) is 2.14. The summed E-state index contributed by atoms with van der Waals surface area (Å²) in [4.78, 5) is 2.32. The van der Waals surface area contributed by atoms with Crippen LogP contribution in [0, 0.1) is 5.41 Å². The maximum Gasteiger partial charge on any atom is 0.179 e. The Labute approximate surface area is 226 Å². The Bertz CT molecular complexity index is 1260. The fourth-order valence-electron chi connectivity index (χ4n) is 4.88. The van der Waals surface area contributed by atoms with E-state index >= 15 is 0 Å². The number of nitrogen functional groups attached to an aromatic ring is 1. The first kappa shape index (κ1) is 27.7. The molecule has 204 valence electrons. The minimum Gasteiger partial charge on any atom is -0.493 e. The molecule has 0 aliphatic carbocycles. The highest BCUT2D eigenvalue weighted by atomic mass is 16.5. The zero-order valence-electron chi connectivity index (χ0n) is 23.5. The molecule has 0 fully saturated rings. The van der Waals surface area contributed by atoms with E-state index in [0.29, 0.717) is 30.4 Å². The van der Waals surface area contributed by atoms with Gasteiger partial charge in [0.05, 0.1) is 24.3 Å². The van der Waals surface area contributed by atoms with E-state index in [4.69, 9.17) is 25.1 Å². The number of nitrogens with two attached hydrogens (primary N) is 1. The van der Waals surface area contributed by atoms with Crippen molar-refractivity contribution in [2.24, 2.45) is 5.73 Å². The number of hydrogen-bond acceptors (Lipinski definition) is 6. The molecular weight excluding hydrogens is 476 g/mol. The van der Waals surface area contributed by atoms with Crippen LogP contribution in [-0.2, 0) is 13.0 Å². The number of likely N-dealkylation sites (N-methyl/N-ethyl adjacent to an activating group) is 1. The summed E-state index contributed by atoms with van der Waals surface area (Å²) >= 11 is 0. The van der Waals surface area contributed by atoms with Gasteiger partial charge in [-0.15, -0.1) is 0 Å². The smallest absolute Gasteiger partial charge is 0.179 e. The number of nitrogens with zero attached hydrogens (tertiary/aromatic N) is 2. The molecule has 4 rings (SSSR count). The molecule has 0 atom stereocenters. The normalized spacial score (nSPS) is 13.5. The van der Waals surface area contributed by atoms with Crippen molar-refractivity contribution in [2.45, 2.75) is 72.3 Å². The van der Waals surface area contributed by atoms with Gasteiger partial charge in [-0.1, -0.05) is 63.9 Å². The zero-order chi connectivity index (χ0) is 27.2. The second kappa shape index (κ2) is 12.5. The van der Waals surface area contributed by atoms with Gasteiger partial charge in [0.25, 0.3) is 0 Å². The first-order valence-electron chi connectivity index (χ1n) is 13.9. The quantitative estimate of drug-likeness (QED) is 0.156. The van der Waals surface area contributed by atoms with Gasteiger partial charge < -0.3 is 24.6 Å². The summed E-state index contributed by atoms with van der Waals surface area (Å²) in [5, 5.41) is 12.5. The molecule has 1 aromatic heterocycles. The largest absolute Gasteiger partial charge is 0.493 e. The molecule has 38 heavy (non-hydrogen) atoms. The van der Waals surface area contributed by atoms with Crippen molar-refractivity contribution in [3.05, 3.63) is 52.7 Å². The van der Waals surface area contributed by atoms with Gasteiger partial charge in [-0.25, -0.2) is 0 Å². The van der Waals surface area contributed by atoms with Crippen LogP contribution in [0.5, 0.6) is 11.5 Å². The van der Waals surface area contributed by atoms with E-state index in [1.165, 1.54) is 11.1 Å². The van der Waals surface area contributed by atoms with Crippen molar-refractivity contribution in [1.29, 1.82) is 5.41 Å². The Hall–Kier alpha value is -3.32. The lowest BCUT2D eigenvalue weighted by molar-refractivity contribution is 0.291. The molecule has 2 heterocycles. The topological polar surface area (TPSA) is 97.6 Å². The van der Waals surface area contributed by atoms with Crippen LogP contribution in [0.1, 0.15) is 81.7 Å². The van der Waals surface area contributed by atoms with Gasteiger partial charge in [0, 0.05) is 19.2 Å². The Morgan fingerprint density at radius 2 is 1.76 bits per heavy atom. The second-order valence-electron chi connectivity index (χ2n) is 10.6. The number of fused-ring (bicyclic) bond motifs is 1. The average molecular weight is 519 g/mol. The van der Waals surface area contributed by atoms with Crippen molar-refractivity contribution >= 4 is 5.84 Å². The number of aromatic nitrogens is 1. The van der Waals surface area contributed by atoms with Crippen molar-refractivity contribution in [2.75, 3.05) is 26.8 Å². The molecule has 0 saturated heterocycles. The zero-order valence-corrected chi connectivity index (χ0v) is 23.5. The van der Waals surface area contributed by atoms with Gasteiger partial charge in [0.1, 0.15) is 17.3 Å². The molecule has 0 unspecified atom stereocenters. The Morgan fingerprint density at radius 3 is 2.42 bits per heavy atom. The SMILES string of the molecule is CCCCOc1cc(OCCCC)c(C(C)C)cc1-c1onc(C(=N)N)c1-c1ccc2c(c1)CCN(C)C2. The first-order valence-corrected chi connectivity index (χ1v) is 13.9. The Balaban J connectivity index is 1.87. The third-order valence-corrected chi connectivity index (χ3v) is 7.13. The van der Waals surface area contributed by atoms with E-state index in [0.717, 1.165) is 73.2 Å². The number of amidine groups is 1. The monoisotopic (exact) mass is 518 g/mol. The van der Waals surface area contributed by atoms with Crippen LogP contribution in [0.2, 0.25) is 0 Å². The lowest BCUT2D eigenvalue weighted by Gasteiger charge is -2.25. The van der Waals surface area contributed by atoms with Crippen LogP contribution in [0.25, 0.3) is 22.5 Å². The number of hydrogen-bond donors (Lipinski definition) is 2. The summed E-state index contributed by atoms with van der Waals surface area (Å²) < 4.78 is 18.5. The highest BCUT2D eigenvalue weighted by Gasteiger charge is 2.27. The highest BCUT2D eigenvalue weighted by molar-refractivity contribution is 6.03. The molecule has 1 aliphatic heterocycles. The summed E-state index contributed by atoms with van der Waals surface area (Å²) in [6, 6.07) is 10.6. The third-order valence-electron chi connectivity index (χ3n) is 7.13. The molecule has 1 aliphatic rings. The predicted octanol–water partition coefficient (Wildman–Crippen LogP) is 6.76. The summed E-state index contributed by atoms with van der Waals surface area (Å²) in [6.45, 7) is 11.8. The van der Waals surface area contributed by atoms with Gasteiger partial charge >= 0.3 is 0 Å². The van der Waals surface area contributed by atoms with Gasteiger partial charge in [-0.3, -0.25) is 5.41 Å². The summed E-state index contributed by atoms with van der Waals surface area (Å²) in [6.07, 6.45) is 5.02. The molecule has 0 amide bonds. The van der Waals surface area contributed by atoms with Crippen LogP contribution < -0.4 is 15.2 Å². The van der Waals surface area contributed by atoms with E-state index in [1.807, 2.05) is 6.07 Å². The molecule has 3 N–H and O–H groups in total. The summed E-state index contributed by atoms with van der Waals surface area (Å²) in [5.41, 5.74) is 12.6. The molecule has 7 nitrogen and oxygen atoms in total. The molecule has 0 spiro atoms. The van der Waals surface area contributed by atoms with Crippen LogP contribution >= 0.6 is 0 Å². The standard InChI is InChI=1S/C31H42N4O3/c1-6-8-14-36-26-18-27(37-15-9-7-2)25(17-24(26)20(3)4)30-28(29(31(32)33)34-38-30)22-10-11-23-19-35(5)13-12-21(23)16-22/h10-11,16-18,20H,6-9,12-15,19H2,1-5H3,(H3,32,33). The van der Waals surface area contributed by atoms with Crippen molar-refractivity contribution in [3.63, 3.8) is 0 Å². The number of benzene rings is 2. The Morgan fingerprint density at radius 1 is 1.05 bits per heavy atom. The van der Waals surface area contributed by atoms with Crippen LogP contribution in [-0.4, -0.2) is 42.7 Å². The van der Waals surface area contributed by atoms with Crippen LogP contribution in [0.4, 0.5) is 0 Å². The van der Waals surface area contributed by atoms with Gasteiger partial charge in [0.2, 0.25) is 0 Å². The number of nitrogens with one attached hydrogen (secondary N) is 1. The fraction of sp³-hybridized carbons (Fsp3) is 0.484. The molecule has 0 saturated carbocycles.